The van der Waals surface area contributed by atoms with Crippen LogP contribution >= 0.6 is 0 Å². The number of amides is 1. The first-order valence-electron chi connectivity index (χ1n) is 8.64. The number of nitrogens with one attached hydrogen (secondary N) is 1. The number of methoxy groups -OCH3 is 1. The summed E-state index contributed by atoms with van der Waals surface area (Å²) >= 11 is 0. The number of rotatable bonds is 6. The molecule has 140 valence electrons. The van der Waals surface area contributed by atoms with Gasteiger partial charge in [0.1, 0.15) is 5.54 Å². The highest BCUT2D eigenvalue weighted by atomic mass is 19.1. The first-order valence-corrected chi connectivity index (χ1v) is 8.64. The van der Waals surface area contributed by atoms with Crippen LogP contribution < -0.4 is 10.1 Å². The Morgan fingerprint density at radius 2 is 2.04 bits per heavy atom. The van der Waals surface area contributed by atoms with Crippen molar-refractivity contribution < 1.29 is 23.5 Å². The highest BCUT2D eigenvalue weighted by Crippen LogP contribution is 2.27. The maximum atomic E-state index is 13.7. The van der Waals surface area contributed by atoms with Gasteiger partial charge in [-0.25, -0.2) is 4.39 Å². The number of hydrogen-bond donors (Lipinski definition) is 1. The van der Waals surface area contributed by atoms with Crippen molar-refractivity contribution in [3.05, 3.63) is 29.6 Å². The molecule has 6 nitrogen and oxygen atoms in total. The van der Waals surface area contributed by atoms with Crippen LogP contribution in [0.25, 0.3) is 0 Å². The molecule has 0 saturated heterocycles. The zero-order chi connectivity index (χ0) is 19.2. The average Bonchev–Trinajstić information content (AvgIpc) is 2.62. The number of carbonyl (C=O) groups excluding carboxylic acids is 2. The van der Waals surface area contributed by atoms with Crippen molar-refractivity contribution in [2.75, 3.05) is 7.11 Å². The Morgan fingerprint density at radius 3 is 2.62 bits per heavy atom. The lowest BCUT2D eigenvalue weighted by Gasteiger charge is -2.32. The van der Waals surface area contributed by atoms with Gasteiger partial charge in [0, 0.05) is 0 Å². The first-order chi connectivity index (χ1) is 12.4. The summed E-state index contributed by atoms with van der Waals surface area (Å²) < 4.78 is 23.6. The number of esters is 1. The Morgan fingerprint density at radius 1 is 1.35 bits per heavy atom. The van der Waals surface area contributed by atoms with Gasteiger partial charge in [-0.15, -0.1) is 0 Å². The molecule has 0 heterocycles. The van der Waals surface area contributed by atoms with Crippen LogP contribution in [0.1, 0.15) is 44.6 Å². The van der Waals surface area contributed by atoms with Crippen LogP contribution in [-0.4, -0.2) is 30.6 Å². The predicted octanol–water partition coefficient (Wildman–Crippen LogP) is 2.65. The molecule has 0 spiro atoms. The summed E-state index contributed by atoms with van der Waals surface area (Å²) in [6.45, 7) is 1.45. The van der Waals surface area contributed by atoms with E-state index in [-0.39, 0.29) is 12.2 Å². The molecule has 1 aromatic carbocycles. The van der Waals surface area contributed by atoms with Crippen LogP contribution in [0, 0.1) is 17.1 Å². The fourth-order valence-electron chi connectivity index (χ4n) is 3.04. The monoisotopic (exact) mass is 362 g/mol. The van der Waals surface area contributed by atoms with Crippen LogP contribution in [-0.2, 0) is 20.7 Å². The van der Waals surface area contributed by atoms with E-state index in [0.717, 1.165) is 19.3 Å². The number of benzene rings is 1. The summed E-state index contributed by atoms with van der Waals surface area (Å²) in [4.78, 5) is 24.3. The maximum absolute atomic E-state index is 13.7. The maximum Gasteiger partial charge on any atom is 0.311 e. The number of carbonyl (C=O) groups is 2. The molecule has 7 heteroatoms. The van der Waals surface area contributed by atoms with Crippen molar-refractivity contribution in [2.24, 2.45) is 0 Å². The molecule has 1 amide bonds. The van der Waals surface area contributed by atoms with E-state index in [1.54, 1.807) is 6.07 Å². The summed E-state index contributed by atoms with van der Waals surface area (Å²) in [5, 5.41) is 12.1. The Kier molecular flexibility index (Phi) is 6.56. The van der Waals surface area contributed by atoms with Gasteiger partial charge < -0.3 is 14.8 Å². The molecule has 1 aliphatic carbocycles. The summed E-state index contributed by atoms with van der Waals surface area (Å²) in [5.41, 5.74) is -0.462. The van der Waals surface area contributed by atoms with Crippen molar-refractivity contribution in [3.8, 4) is 11.8 Å². The van der Waals surface area contributed by atoms with Gasteiger partial charge in [0.05, 0.1) is 19.6 Å². The number of nitriles is 1. The van der Waals surface area contributed by atoms with E-state index in [1.165, 1.54) is 26.2 Å². The standard InChI is InChI=1S/C19H23FN2O4/c1-13(18(24)22-19(12-21)8-4-3-5-9-19)26-17(23)11-14-6-7-16(25-2)15(20)10-14/h6-7,10,13H,3-5,8-9,11H2,1-2H3,(H,22,24)/t13-/m0/s1. The van der Waals surface area contributed by atoms with Gasteiger partial charge in [-0.2, -0.15) is 5.26 Å². The highest BCUT2D eigenvalue weighted by Gasteiger charge is 2.35. The molecule has 1 saturated carbocycles. The largest absolute Gasteiger partial charge is 0.494 e. The molecule has 0 aromatic heterocycles. The summed E-state index contributed by atoms with van der Waals surface area (Å²) in [6.07, 6.45) is 2.81. The van der Waals surface area contributed by atoms with E-state index in [9.17, 15) is 19.2 Å². The van der Waals surface area contributed by atoms with E-state index >= 15 is 0 Å². The van der Waals surface area contributed by atoms with Crippen LogP contribution in [0.2, 0.25) is 0 Å². The smallest absolute Gasteiger partial charge is 0.311 e. The molecule has 0 radical (unpaired) electrons. The molecule has 0 bridgehead atoms. The van der Waals surface area contributed by atoms with E-state index in [2.05, 4.69) is 11.4 Å². The second-order valence-electron chi connectivity index (χ2n) is 6.52. The normalized spacial score (nSPS) is 16.8. The van der Waals surface area contributed by atoms with Gasteiger partial charge in [-0.05, 0) is 37.5 Å². The third kappa shape index (κ3) is 4.94. The number of hydrogen-bond acceptors (Lipinski definition) is 5. The van der Waals surface area contributed by atoms with Crippen molar-refractivity contribution in [1.82, 2.24) is 5.32 Å². The van der Waals surface area contributed by atoms with Crippen LogP contribution in [0.15, 0.2) is 18.2 Å². The van der Waals surface area contributed by atoms with E-state index in [0.29, 0.717) is 18.4 Å². The fraction of sp³-hybridized carbons (Fsp3) is 0.526. The molecule has 0 aliphatic heterocycles. The molecule has 0 unspecified atom stereocenters. The predicted molar refractivity (Wildman–Crippen MR) is 91.8 cm³/mol. The van der Waals surface area contributed by atoms with Gasteiger partial charge in [0.2, 0.25) is 0 Å². The van der Waals surface area contributed by atoms with Gasteiger partial charge in [0.25, 0.3) is 5.91 Å². The second-order valence-corrected chi connectivity index (χ2v) is 6.52. The third-order valence-corrected chi connectivity index (χ3v) is 4.53. The Hall–Kier alpha value is -2.62. The van der Waals surface area contributed by atoms with Crippen molar-refractivity contribution in [3.63, 3.8) is 0 Å². The molecular weight excluding hydrogens is 339 g/mol. The van der Waals surface area contributed by atoms with Crippen LogP contribution in [0.4, 0.5) is 4.39 Å². The van der Waals surface area contributed by atoms with Crippen molar-refractivity contribution in [2.45, 2.75) is 57.1 Å². The Bertz CT molecular complexity index is 708. The van der Waals surface area contributed by atoms with Crippen LogP contribution in [0.5, 0.6) is 5.75 Å². The SMILES string of the molecule is COc1ccc(CC(=O)O[C@@H](C)C(=O)NC2(C#N)CCCCC2)cc1F. The molecule has 1 atom stereocenters. The molecule has 1 aliphatic rings. The lowest BCUT2D eigenvalue weighted by atomic mass is 9.83. The minimum absolute atomic E-state index is 0.0872. The fourth-order valence-corrected chi connectivity index (χ4v) is 3.04. The summed E-state index contributed by atoms with van der Waals surface area (Å²) in [5.74, 6) is -1.63. The summed E-state index contributed by atoms with van der Waals surface area (Å²) in [6, 6.07) is 6.36. The average molecular weight is 362 g/mol. The van der Waals surface area contributed by atoms with Gasteiger partial charge in [0.15, 0.2) is 17.7 Å². The Balaban J connectivity index is 1.90. The summed E-state index contributed by atoms with van der Waals surface area (Å²) in [7, 11) is 1.35. The first kappa shape index (κ1) is 19.7. The molecule has 2 rings (SSSR count). The van der Waals surface area contributed by atoms with E-state index < -0.39 is 29.3 Å². The Labute approximate surface area is 152 Å². The lowest BCUT2D eigenvalue weighted by molar-refractivity contribution is -0.154. The van der Waals surface area contributed by atoms with E-state index in [1.807, 2.05) is 0 Å². The van der Waals surface area contributed by atoms with Crippen LogP contribution in [0.3, 0.4) is 0 Å². The number of ether oxygens (including phenoxy) is 2. The van der Waals surface area contributed by atoms with Gasteiger partial charge >= 0.3 is 5.97 Å². The van der Waals surface area contributed by atoms with Crippen molar-refractivity contribution in [1.29, 1.82) is 5.26 Å². The minimum Gasteiger partial charge on any atom is -0.494 e. The van der Waals surface area contributed by atoms with Gasteiger partial charge in [-0.3, -0.25) is 9.59 Å². The molecule has 1 N–H and O–H groups in total. The minimum atomic E-state index is -1.03. The number of nitrogens with zero attached hydrogens (tertiary/aromatic N) is 1. The molecular formula is C19H23FN2O4. The number of halogens is 1. The zero-order valence-corrected chi connectivity index (χ0v) is 15.0. The molecule has 26 heavy (non-hydrogen) atoms. The second kappa shape index (κ2) is 8.65. The topological polar surface area (TPSA) is 88.4 Å². The van der Waals surface area contributed by atoms with E-state index in [4.69, 9.17) is 9.47 Å². The quantitative estimate of drug-likeness (QED) is 0.786. The molecule has 1 fully saturated rings. The van der Waals surface area contributed by atoms with Crippen molar-refractivity contribution >= 4 is 11.9 Å². The third-order valence-electron chi connectivity index (χ3n) is 4.53. The highest BCUT2D eigenvalue weighted by molar-refractivity contribution is 5.84. The van der Waals surface area contributed by atoms with Gasteiger partial charge in [-0.1, -0.05) is 25.3 Å². The zero-order valence-electron chi connectivity index (χ0n) is 15.0. The molecule has 1 aromatic rings. The lowest BCUT2D eigenvalue weighted by Crippen LogP contribution is -2.52.